The highest BCUT2D eigenvalue weighted by Gasteiger charge is 2.19. The zero-order chi connectivity index (χ0) is 10.6. The number of thiocarbonyl (C=S) groups is 1. The number of nitrogens with two attached hydrogens (primary N) is 1. The molecule has 1 amide bonds. The first-order valence-electron chi connectivity index (χ1n) is 4.24. The van der Waals surface area contributed by atoms with Gasteiger partial charge in [-0.15, -0.1) is 0 Å². The SMILES string of the molecule is CCC(C(=O)Nc1ncc[nH]1)C(N)=S. The van der Waals surface area contributed by atoms with Gasteiger partial charge in [-0.2, -0.15) is 0 Å². The molecule has 0 aliphatic carbocycles. The fourth-order valence-corrected chi connectivity index (χ4v) is 1.33. The third-order valence-electron chi connectivity index (χ3n) is 1.81. The molecule has 0 aliphatic heterocycles. The number of nitrogens with one attached hydrogen (secondary N) is 2. The van der Waals surface area contributed by atoms with Crippen LogP contribution in [-0.2, 0) is 4.79 Å². The van der Waals surface area contributed by atoms with E-state index in [1.54, 1.807) is 12.4 Å². The molecular formula is C8H12N4OS. The van der Waals surface area contributed by atoms with E-state index >= 15 is 0 Å². The largest absolute Gasteiger partial charge is 0.393 e. The van der Waals surface area contributed by atoms with Gasteiger partial charge in [0.15, 0.2) is 0 Å². The first kappa shape index (κ1) is 10.6. The zero-order valence-electron chi connectivity index (χ0n) is 7.78. The second-order valence-electron chi connectivity index (χ2n) is 2.79. The first-order valence-corrected chi connectivity index (χ1v) is 4.65. The number of anilines is 1. The Morgan fingerprint density at radius 2 is 2.57 bits per heavy atom. The monoisotopic (exact) mass is 212 g/mol. The van der Waals surface area contributed by atoms with E-state index in [2.05, 4.69) is 15.3 Å². The molecular weight excluding hydrogens is 200 g/mol. The van der Waals surface area contributed by atoms with Gasteiger partial charge in [0, 0.05) is 12.4 Å². The molecule has 0 saturated carbocycles. The number of aromatic nitrogens is 2. The lowest BCUT2D eigenvalue weighted by Gasteiger charge is -2.11. The van der Waals surface area contributed by atoms with E-state index < -0.39 is 5.92 Å². The van der Waals surface area contributed by atoms with Crippen LogP contribution in [0.1, 0.15) is 13.3 Å². The van der Waals surface area contributed by atoms with Gasteiger partial charge in [-0.1, -0.05) is 19.1 Å². The van der Waals surface area contributed by atoms with Gasteiger partial charge in [0.2, 0.25) is 11.9 Å². The Bertz CT molecular complexity index is 322. The molecule has 76 valence electrons. The van der Waals surface area contributed by atoms with Crippen LogP contribution >= 0.6 is 12.2 Å². The van der Waals surface area contributed by atoms with Crippen molar-refractivity contribution in [1.29, 1.82) is 0 Å². The van der Waals surface area contributed by atoms with Gasteiger partial charge in [0.1, 0.15) is 0 Å². The smallest absolute Gasteiger partial charge is 0.236 e. The number of carbonyl (C=O) groups excluding carboxylic acids is 1. The Balaban J connectivity index is 2.61. The molecule has 0 aliphatic rings. The van der Waals surface area contributed by atoms with Crippen LogP contribution in [0.15, 0.2) is 12.4 Å². The molecule has 1 aromatic heterocycles. The summed E-state index contributed by atoms with van der Waals surface area (Å²) in [5.74, 6) is -0.255. The van der Waals surface area contributed by atoms with Crippen LogP contribution in [0, 0.1) is 5.92 Å². The maximum absolute atomic E-state index is 11.5. The first-order chi connectivity index (χ1) is 6.65. The molecule has 0 bridgehead atoms. The molecule has 6 heteroatoms. The molecule has 0 saturated heterocycles. The molecule has 4 N–H and O–H groups in total. The number of amides is 1. The number of H-pyrrole nitrogens is 1. The van der Waals surface area contributed by atoms with E-state index in [9.17, 15) is 4.79 Å². The van der Waals surface area contributed by atoms with E-state index in [4.69, 9.17) is 18.0 Å². The summed E-state index contributed by atoms with van der Waals surface area (Å²) in [6, 6.07) is 0. The molecule has 1 heterocycles. The minimum absolute atomic E-state index is 0.205. The van der Waals surface area contributed by atoms with E-state index in [0.29, 0.717) is 12.4 Å². The molecule has 5 nitrogen and oxygen atoms in total. The van der Waals surface area contributed by atoms with Crippen molar-refractivity contribution in [2.45, 2.75) is 13.3 Å². The van der Waals surface area contributed by atoms with Crippen molar-refractivity contribution < 1.29 is 4.79 Å². The maximum atomic E-state index is 11.5. The fraction of sp³-hybridized carbons (Fsp3) is 0.375. The number of carbonyl (C=O) groups is 1. The topological polar surface area (TPSA) is 83.8 Å². The Morgan fingerprint density at radius 1 is 1.86 bits per heavy atom. The van der Waals surface area contributed by atoms with Crippen LogP contribution in [0.2, 0.25) is 0 Å². The summed E-state index contributed by atoms with van der Waals surface area (Å²) in [5.41, 5.74) is 5.42. The molecule has 14 heavy (non-hydrogen) atoms. The molecule has 1 unspecified atom stereocenters. The Hall–Kier alpha value is -1.43. The van der Waals surface area contributed by atoms with Crippen molar-refractivity contribution in [3.8, 4) is 0 Å². The number of rotatable bonds is 4. The molecule has 1 atom stereocenters. The lowest BCUT2D eigenvalue weighted by Crippen LogP contribution is -2.32. The molecule has 0 radical (unpaired) electrons. The van der Waals surface area contributed by atoms with E-state index in [1.807, 2.05) is 6.92 Å². The third kappa shape index (κ3) is 2.53. The van der Waals surface area contributed by atoms with Crippen LogP contribution < -0.4 is 11.1 Å². The summed E-state index contributed by atoms with van der Waals surface area (Å²) >= 11 is 4.77. The van der Waals surface area contributed by atoms with Gasteiger partial charge in [-0.25, -0.2) is 4.98 Å². The maximum Gasteiger partial charge on any atom is 0.236 e. The summed E-state index contributed by atoms with van der Waals surface area (Å²) in [7, 11) is 0. The van der Waals surface area contributed by atoms with E-state index in [-0.39, 0.29) is 10.9 Å². The predicted octanol–water partition coefficient (Wildman–Crippen LogP) is 0.661. The van der Waals surface area contributed by atoms with Gasteiger partial charge in [-0.05, 0) is 6.42 Å². The lowest BCUT2D eigenvalue weighted by atomic mass is 10.1. The second-order valence-corrected chi connectivity index (χ2v) is 3.26. The second kappa shape index (κ2) is 4.71. The molecule has 1 aromatic rings. The summed E-state index contributed by atoms with van der Waals surface area (Å²) in [6.45, 7) is 1.85. The van der Waals surface area contributed by atoms with Crippen molar-refractivity contribution in [1.82, 2.24) is 9.97 Å². The lowest BCUT2D eigenvalue weighted by molar-refractivity contribution is -0.118. The van der Waals surface area contributed by atoms with Crippen molar-refractivity contribution in [3.63, 3.8) is 0 Å². The Kier molecular flexibility index (Phi) is 3.58. The minimum atomic E-state index is -0.435. The minimum Gasteiger partial charge on any atom is -0.393 e. The van der Waals surface area contributed by atoms with Crippen molar-refractivity contribution in [2.75, 3.05) is 5.32 Å². The Morgan fingerprint density at radius 3 is 3.00 bits per heavy atom. The summed E-state index contributed by atoms with van der Waals surface area (Å²) in [6.07, 6.45) is 3.76. The summed E-state index contributed by atoms with van der Waals surface area (Å²) in [4.78, 5) is 18.4. The molecule has 1 rings (SSSR count). The molecule has 0 aromatic carbocycles. The van der Waals surface area contributed by atoms with Gasteiger partial charge in [0.05, 0.1) is 10.9 Å². The highest BCUT2D eigenvalue weighted by atomic mass is 32.1. The summed E-state index contributed by atoms with van der Waals surface area (Å²) < 4.78 is 0. The van der Waals surface area contributed by atoms with Gasteiger partial charge in [-0.3, -0.25) is 10.1 Å². The van der Waals surface area contributed by atoms with Crippen molar-refractivity contribution >= 4 is 29.1 Å². The zero-order valence-corrected chi connectivity index (χ0v) is 8.60. The van der Waals surface area contributed by atoms with Crippen LogP contribution in [0.5, 0.6) is 0 Å². The number of hydrogen-bond donors (Lipinski definition) is 3. The van der Waals surface area contributed by atoms with Crippen LogP contribution in [0.4, 0.5) is 5.95 Å². The van der Waals surface area contributed by atoms with Crippen LogP contribution in [-0.4, -0.2) is 20.9 Å². The van der Waals surface area contributed by atoms with Gasteiger partial charge >= 0.3 is 0 Å². The van der Waals surface area contributed by atoms with Gasteiger partial charge < -0.3 is 10.7 Å². The van der Waals surface area contributed by atoms with Crippen molar-refractivity contribution in [2.24, 2.45) is 11.7 Å². The van der Waals surface area contributed by atoms with E-state index in [1.165, 1.54) is 0 Å². The molecule has 0 fully saturated rings. The highest BCUT2D eigenvalue weighted by Crippen LogP contribution is 2.06. The van der Waals surface area contributed by atoms with Crippen LogP contribution in [0.3, 0.4) is 0 Å². The number of imidazole rings is 1. The normalized spacial score (nSPS) is 12.1. The average Bonchev–Trinajstić information content (AvgIpc) is 2.57. The number of hydrogen-bond acceptors (Lipinski definition) is 3. The standard InChI is InChI=1S/C8H12N4OS/c1-2-5(6(9)14)7(13)12-8-10-3-4-11-8/h3-5H,2H2,1H3,(H2,9,14)(H2,10,11,12,13). The van der Waals surface area contributed by atoms with Crippen molar-refractivity contribution in [3.05, 3.63) is 12.4 Å². The summed E-state index contributed by atoms with van der Waals surface area (Å²) in [5, 5.41) is 2.58. The fourth-order valence-electron chi connectivity index (χ4n) is 1.05. The predicted molar refractivity (Wildman–Crippen MR) is 57.8 cm³/mol. The number of aromatic amines is 1. The number of nitrogens with zero attached hydrogens (tertiary/aromatic N) is 1. The average molecular weight is 212 g/mol. The van der Waals surface area contributed by atoms with Crippen LogP contribution in [0.25, 0.3) is 0 Å². The van der Waals surface area contributed by atoms with Gasteiger partial charge in [0.25, 0.3) is 0 Å². The molecule has 0 spiro atoms. The Labute approximate surface area is 87.1 Å². The quantitative estimate of drug-likeness (QED) is 0.640. The third-order valence-corrected chi connectivity index (χ3v) is 2.09. The highest BCUT2D eigenvalue weighted by molar-refractivity contribution is 7.80. The van der Waals surface area contributed by atoms with E-state index in [0.717, 1.165) is 0 Å².